The van der Waals surface area contributed by atoms with Gasteiger partial charge in [-0.1, -0.05) is 6.92 Å². The summed E-state index contributed by atoms with van der Waals surface area (Å²) in [6, 6.07) is 0.643. The van der Waals surface area contributed by atoms with Gasteiger partial charge < -0.3 is 15.4 Å². The molecule has 1 unspecified atom stereocenters. The van der Waals surface area contributed by atoms with E-state index in [0.29, 0.717) is 12.6 Å². The zero-order valence-electron chi connectivity index (χ0n) is 12.0. The molecule has 106 valence electrons. The van der Waals surface area contributed by atoms with Crippen LogP contribution >= 0.6 is 0 Å². The molecule has 0 spiro atoms. The van der Waals surface area contributed by atoms with E-state index in [1.807, 2.05) is 13.8 Å². The fraction of sp³-hybridized carbons (Fsp3) is 0.929. The monoisotopic (exact) mass is 256 g/mol. The van der Waals surface area contributed by atoms with Crippen molar-refractivity contribution in [2.24, 2.45) is 0 Å². The van der Waals surface area contributed by atoms with E-state index < -0.39 is 0 Å². The Balaban J connectivity index is 2.20. The van der Waals surface area contributed by atoms with Gasteiger partial charge in [0.15, 0.2) is 0 Å². The van der Waals surface area contributed by atoms with Gasteiger partial charge in [0.05, 0.1) is 6.10 Å². The standard InChI is InChI=1S/C14H28N2O2/c1-4-10-16-12-6-8-13(9-7-12)18-11(3)14(17)15-5-2/h11-13,16H,4-10H2,1-3H3,(H,15,17). The lowest BCUT2D eigenvalue weighted by Crippen LogP contribution is -2.40. The summed E-state index contributed by atoms with van der Waals surface area (Å²) in [4.78, 5) is 11.6. The van der Waals surface area contributed by atoms with Crippen molar-refractivity contribution in [3.63, 3.8) is 0 Å². The third kappa shape index (κ3) is 5.36. The summed E-state index contributed by atoms with van der Waals surface area (Å²) in [6.07, 6.45) is 5.55. The number of rotatable bonds is 7. The molecule has 0 radical (unpaired) electrons. The van der Waals surface area contributed by atoms with Crippen LogP contribution in [0.4, 0.5) is 0 Å². The van der Waals surface area contributed by atoms with Gasteiger partial charge in [-0.25, -0.2) is 0 Å². The summed E-state index contributed by atoms with van der Waals surface area (Å²) < 4.78 is 5.82. The van der Waals surface area contributed by atoms with Gasteiger partial charge in [0, 0.05) is 12.6 Å². The van der Waals surface area contributed by atoms with Crippen molar-refractivity contribution in [2.75, 3.05) is 13.1 Å². The van der Waals surface area contributed by atoms with Gasteiger partial charge in [-0.2, -0.15) is 0 Å². The highest BCUT2D eigenvalue weighted by Crippen LogP contribution is 2.22. The van der Waals surface area contributed by atoms with Crippen molar-refractivity contribution >= 4 is 5.91 Å². The lowest BCUT2D eigenvalue weighted by Gasteiger charge is -2.30. The third-order valence-electron chi connectivity index (χ3n) is 3.47. The first kappa shape index (κ1) is 15.4. The average molecular weight is 256 g/mol. The molecule has 1 fully saturated rings. The molecular formula is C14H28N2O2. The van der Waals surface area contributed by atoms with Crippen LogP contribution < -0.4 is 10.6 Å². The fourth-order valence-electron chi connectivity index (χ4n) is 2.42. The number of hydrogen-bond acceptors (Lipinski definition) is 3. The van der Waals surface area contributed by atoms with E-state index >= 15 is 0 Å². The van der Waals surface area contributed by atoms with Crippen LogP contribution in [0.2, 0.25) is 0 Å². The highest BCUT2D eigenvalue weighted by atomic mass is 16.5. The quantitative estimate of drug-likeness (QED) is 0.731. The van der Waals surface area contributed by atoms with Crippen molar-refractivity contribution in [1.29, 1.82) is 0 Å². The summed E-state index contributed by atoms with van der Waals surface area (Å²) in [5.41, 5.74) is 0. The Hall–Kier alpha value is -0.610. The Bertz CT molecular complexity index is 238. The minimum Gasteiger partial charge on any atom is -0.365 e. The van der Waals surface area contributed by atoms with Crippen LogP contribution in [0.25, 0.3) is 0 Å². The van der Waals surface area contributed by atoms with Gasteiger partial charge in [0.2, 0.25) is 5.91 Å². The molecule has 0 heterocycles. The number of nitrogens with one attached hydrogen (secondary N) is 2. The lowest BCUT2D eigenvalue weighted by atomic mass is 9.93. The van der Waals surface area contributed by atoms with E-state index in [1.165, 1.54) is 6.42 Å². The molecule has 0 aliphatic heterocycles. The van der Waals surface area contributed by atoms with Crippen LogP contribution in [-0.2, 0) is 9.53 Å². The van der Waals surface area contributed by atoms with Gasteiger partial charge in [-0.05, 0) is 52.5 Å². The van der Waals surface area contributed by atoms with E-state index in [4.69, 9.17) is 4.74 Å². The SMILES string of the molecule is CCCNC1CCC(OC(C)C(=O)NCC)CC1. The molecule has 2 N–H and O–H groups in total. The Morgan fingerprint density at radius 3 is 2.50 bits per heavy atom. The minimum atomic E-state index is -0.324. The largest absolute Gasteiger partial charge is 0.365 e. The van der Waals surface area contributed by atoms with Crippen molar-refractivity contribution in [3.05, 3.63) is 0 Å². The Morgan fingerprint density at radius 2 is 1.94 bits per heavy atom. The van der Waals surface area contributed by atoms with Crippen LogP contribution in [0.1, 0.15) is 52.9 Å². The van der Waals surface area contributed by atoms with Crippen LogP contribution in [0.3, 0.4) is 0 Å². The summed E-state index contributed by atoms with van der Waals surface area (Å²) in [7, 11) is 0. The fourth-order valence-corrected chi connectivity index (χ4v) is 2.42. The van der Waals surface area contributed by atoms with Crippen molar-refractivity contribution in [3.8, 4) is 0 Å². The number of ether oxygens (including phenoxy) is 1. The lowest BCUT2D eigenvalue weighted by molar-refractivity contribution is -0.136. The molecule has 0 aromatic heterocycles. The maximum Gasteiger partial charge on any atom is 0.248 e. The number of carbonyl (C=O) groups is 1. The van der Waals surface area contributed by atoms with E-state index in [9.17, 15) is 4.79 Å². The van der Waals surface area contributed by atoms with Crippen molar-refractivity contribution < 1.29 is 9.53 Å². The van der Waals surface area contributed by atoms with Crippen LogP contribution in [0.5, 0.6) is 0 Å². The molecule has 1 amide bonds. The first-order valence-electron chi connectivity index (χ1n) is 7.33. The number of likely N-dealkylation sites (N-methyl/N-ethyl adjacent to an activating group) is 1. The summed E-state index contributed by atoms with van der Waals surface area (Å²) in [6.45, 7) is 7.73. The maximum atomic E-state index is 11.6. The molecule has 4 nitrogen and oxygen atoms in total. The van der Waals surface area contributed by atoms with Crippen LogP contribution in [-0.4, -0.2) is 37.2 Å². The molecule has 1 aliphatic carbocycles. The van der Waals surface area contributed by atoms with Crippen molar-refractivity contribution in [2.45, 2.75) is 71.1 Å². The van der Waals surface area contributed by atoms with Crippen LogP contribution in [0.15, 0.2) is 0 Å². The van der Waals surface area contributed by atoms with Gasteiger partial charge >= 0.3 is 0 Å². The highest BCUT2D eigenvalue weighted by Gasteiger charge is 2.24. The highest BCUT2D eigenvalue weighted by molar-refractivity contribution is 5.80. The van der Waals surface area contributed by atoms with Crippen molar-refractivity contribution in [1.82, 2.24) is 10.6 Å². The van der Waals surface area contributed by atoms with Gasteiger partial charge in [0.1, 0.15) is 6.10 Å². The molecular weight excluding hydrogens is 228 g/mol. The second kappa shape index (κ2) is 8.48. The zero-order chi connectivity index (χ0) is 13.4. The predicted octanol–water partition coefficient (Wildman–Crippen LogP) is 1.84. The molecule has 0 aromatic carbocycles. The molecule has 1 rings (SSSR count). The van der Waals surface area contributed by atoms with E-state index in [1.54, 1.807) is 0 Å². The van der Waals surface area contributed by atoms with Crippen LogP contribution in [0, 0.1) is 0 Å². The molecule has 0 bridgehead atoms. The molecule has 1 saturated carbocycles. The second-order valence-electron chi connectivity index (χ2n) is 5.10. The molecule has 4 heteroatoms. The Labute approximate surface area is 111 Å². The second-order valence-corrected chi connectivity index (χ2v) is 5.10. The molecule has 18 heavy (non-hydrogen) atoms. The number of amides is 1. The topological polar surface area (TPSA) is 50.4 Å². The summed E-state index contributed by atoms with van der Waals surface area (Å²) in [5, 5.41) is 6.35. The first-order valence-corrected chi connectivity index (χ1v) is 7.33. The average Bonchev–Trinajstić information content (AvgIpc) is 2.38. The smallest absolute Gasteiger partial charge is 0.248 e. The Morgan fingerprint density at radius 1 is 1.28 bits per heavy atom. The van der Waals surface area contributed by atoms with Gasteiger partial charge in [-0.15, -0.1) is 0 Å². The Kier molecular flexibility index (Phi) is 7.28. The number of hydrogen-bond donors (Lipinski definition) is 2. The normalized spacial score (nSPS) is 25.7. The molecule has 0 saturated heterocycles. The number of carbonyl (C=O) groups excluding carboxylic acids is 1. The van der Waals surface area contributed by atoms with Gasteiger partial charge in [0.25, 0.3) is 0 Å². The molecule has 1 atom stereocenters. The van der Waals surface area contributed by atoms with Gasteiger partial charge in [-0.3, -0.25) is 4.79 Å². The predicted molar refractivity (Wildman–Crippen MR) is 73.6 cm³/mol. The third-order valence-corrected chi connectivity index (χ3v) is 3.47. The van der Waals surface area contributed by atoms with E-state index in [-0.39, 0.29) is 18.1 Å². The zero-order valence-corrected chi connectivity index (χ0v) is 12.0. The minimum absolute atomic E-state index is 0.00346. The first-order chi connectivity index (χ1) is 8.67. The maximum absolute atomic E-state index is 11.6. The van der Waals surface area contributed by atoms with E-state index in [2.05, 4.69) is 17.6 Å². The van der Waals surface area contributed by atoms with E-state index in [0.717, 1.165) is 32.2 Å². The summed E-state index contributed by atoms with van der Waals surface area (Å²) >= 11 is 0. The molecule has 1 aliphatic rings. The summed E-state index contributed by atoms with van der Waals surface area (Å²) in [5.74, 6) is 0.00346. The molecule has 0 aromatic rings.